The standard InChI is InChI=1S/C13H23I/c1-2-3-4-5-6-7-8-9-10-11-12-13-14/h5-8H,2-4,9-13H2,1H3/b6-5+,8-7+. The van der Waals surface area contributed by atoms with E-state index in [9.17, 15) is 0 Å². The Morgan fingerprint density at radius 3 is 2.07 bits per heavy atom. The van der Waals surface area contributed by atoms with Gasteiger partial charge in [-0.15, -0.1) is 0 Å². The lowest BCUT2D eigenvalue weighted by Crippen LogP contribution is -1.75. The minimum Gasteiger partial charge on any atom is -0.0864 e. The van der Waals surface area contributed by atoms with E-state index >= 15 is 0 Å². The normalized spacial score (nSPS) is 11.9. The van der Waals surface area contributed by atoms with E-state index in [-0.39, 0.29) is 0 Å². The fraction of sp³-hybridized carbons (Fsp3) is 0.692. The van der Waals surface area contributed by atoms with E-state index in [2.05, 4.69) is 53.8 Å². The quantitative estimate of drug-likeness (QED) is 0.235. The maximum Gasteiger partial charge on any atom is -0.000473 e. The van der Waals surface area contributed by atoms with Crippen LogP contribution < -0.4 is 0 Å². The molecule has 82 valence electrons. The molecule has 0 rings (SSSR count). The van der Waals surface area contributed by atoms with E-state index in [0.717, 1.165) is 0 Å². The second-order valence-electron chi connectivity index (χ2n) is 3.54. The molecule has 1 heteroatoms. The summed E-state index contributed by atoms with van der Waals surface area (Å²) in [6.45, 7) is 2.23. The van der Waals surface area contributed by atoms with Gasteiger partial charge in [0.15, 0.2) is 0 Å². The van der Waals surface area contributed by atoms with Gasteiger partial charge in [0.1, 0.15) is 0 Å². The maximum atomic E-state index is 2.45. The second kappa shape index (κ2) is 13.2. The maximum absolute atomic E-state index is 2.45. The van der Waals surface area contributed by atoms with Crippen molar-refractivity contribution in [1.29, 1.82) is 0 Å². The molecule has 0 amide bonds. The molecule has 0 nitrogen and oxygen atoms in total. The predicted molar refractivity (Wildman–Crippen MR) is 75.2 cm³/mol. The summed E-state index contributed by atoms with van der Waals surface area (Å²) >= 11 is 2.45. The van der Waals surface area contributed by atoms with Crippen molar-refractivity contribution >= 4 is 22.6 Å². The Bertz CT molecular complexity index is 147. The van der Waals surface area contributed by atoms with Crippen molar-refractivity contribution in [2.75, 3.05) is 4.43 Å². The summed E-state index contributed by atoms with van der Waals surface area (Å²) in [4.78, 5) is 0. The van der Waals surface area contributed by atoms with E-state index in [0.29, 0.717) is 0 Å². The monoisotopic (exact) mass is 306 g/mol. The van der Waals surface area contributed by atoms with Crippen LogP contribution in [0.15, 0.2) is 24.3 Å². The van der Waals surface area contributed by atoms with E-state index in [1.807, 2.05) is 0 Å². The summed E-state index contributed by atoms with van der Waals surface area (Å²) in [5.41, 5.74) is 0. The third kappa shape index (κ3) is 12.2. The first-order chi connectivity index (χ1) is 6.91. The Hall–Kier alpha value is 0.210. The zero-order valence-corrected chi connectivity index (χ0v) is 11.5. The number of hydrogen-bond acceptors (Lipinski definition) is 0. The Balaban J connectivity index is 3.14. The summed E-state index contributed by atoms with van der Waals surface area (Å²) in [5, 5.41) is 0. The van der Waals surface area contributed by atoms with Gasteiger partial charge in [-0.25, -0.2) is 0 Å². The highest BCUT2D eigenvalue weighted by atomic mass is 127. The van der Waals surface area contributed by atoms with Gasteiger partial charge in [-0.1, -0.05) is 73.1 Å². The van der Waals surface area contributed by atoms with Gasteiger partial charge in [-0.05, 0) is 30.1 Å². The molecule has 0 aliphatic heterocycles. The molecular formula is C13H23I. The fourth-order valence-electron chi connectivity index (χ4n) is 1.21. The topological polar surface area (TPSA) is 0 Å². The second-order valence-corrected chi connectivity index (χ2v) is 4.62. The first-order valence-electron chi connectivity index (χ1n) is 5.79. The lowest BCUT2D eigenvalue weighted by atomic mass is 10.2. The van der Waals surface area contributed by atoms with Crippen molar-refractivity contribution in [3.8, 4) is 0 Å². The largest absolute Gasteiger partial charge is 0.0864 e. The number of hydrogen-bond donors (Lipinski definition) is 0. The molecule has 0 aliphatic rings. The first-order valence-corrected chi connectivity index (χ1v) is 7.32. The van der Waals surface area contributed by atoms with Crippen LogP contribution in [-0.4, -0.2) is 4.43 Å². The molecule has 0 bridgehead atoms. The summed E-state index contributed by atoms with van der Waals surface area (Å²) in [7, 11) is 0. The Morgan fingerprint density at radius 1 is 0.857 bits per heavy atom. The van der Waals surface area contributed by atoms with Gasteiger partial charge in [-0.2, -0.15) is 0 Å². The highest BCUT2D eigenvalue weighted by molar-refractivity contribution is 14.1. The number of halogens is 1. The molecule has 0 aromatic heterocycles. The molecule has 0 spiro atoms. The molecule has 14 heavy (non-hydrogen) atoms. The predicted octanol–water partition coefficient (Wildman–Crippen LogP) is 5.28. The molecule has 0 atom stereocenters. The van der Waals surface area contributed by atoms with Crippen LogP contribution in [0, 0.1) is 0 Å². The average molecular weight is 306 g/mol. The number of rotatable bonds is 9. The lowest BCUT2D eigenvalue weighted by molar-refractivity contribution is 0.739. The molecule has 0 fully saturated rings. The van der Waals surface area contributed by atoms with Crippen LogP contribution in [0.5, 0.6) is 0 Å². The van der Waals surface area contributed by atoms with Gasteiger partial charge in [0.25, 0.3) is 0 Å². The fourth-order valence-corrected chi connectivity index (χ4v) is 1.74. The van der Waals surface area contributed by atoms with Crippen molar-refractivity contribution < 1.29 is 0 Å². The number of unbranched alkanes of at least 4 members (excludes halogenated alkanes) is 5. The SMILES string of the molecule is CCCC/C=C/C=C/CCCCCI. The summed E-state index contributed by atoms with van der Waals surface area (Å²) in [6.07, 6.45) is 18.1. The molecule has 0 unspecified atom stereocenters. The van der Waals surface area contributed by atoms with Crippen molar-refractivity contribution in [1.82, 2.24) is 0 Å². The van der Waals surface area contributed by atoms with Crippen molar-refractivity contribution in [3.05, 3.63) is 24.3 Å². The average Bonchev–Trinajstić information content (AvgIpc) is 2.21. The molecule has 0 saturated heterocycles. The van der Waals surface area contributed by atoms with Crippen molar-refractivity contribution in [3.63, 3.8) is 0 Å². The van der Waals surface area contributed by atoms with Crippen LogP contribution in [0.4, 0.5) is 0 Å². The summed E-state index contributed by atoms with van der Waals surface area (Å²) < 4.78 is 1.30. The zero-order valence-electron chi connectivity index (χ0n) is 9.34. The first kappa shape index (κ1) is 14.2. The molecule has 0 saturated carbocycles. The molecule has 0 radical (unpaired) electrons. The number of allylic oxidation sites excluding steroid dienone is 4. The van der Waals surface area contributed by atoms with E-state index in [1.165, 1.54) is 49.4 Å². The number of alkyl halides is 1. The van der Waals surface area contributed by atoms with E-state index in [4.69, 9.17) is 0 Å². The van der Waals surface area contributed by atoms with Gasteiger partial charge in [0, 0.05) is 0 Å². The van der Waals surface area contributed by atoms with E-state index in [1.54, 1.807) is 0 Å². The van der Waals surface area contributed by atoms with Gasteiger partial charge in [0.2, 0.25) is 0 Å². The highest BCUT2D eigenvalue weighted by Gasteiger charge is 1.83. The molecule has 0 aromatic rings. The van der Waals surface area contributed by atoms with Crippen LogP contribution >= 0.6 is 22.6 Å². The summed E-state index contributed by atoms with van der Waals surface area (Å²) in [6, 6.07) is 0. The molecule has 0 N–H and O–H groups in total. The Labute approximate surface area is 103 Å². The summed E-state index contributed by atoms with van der Waals surface area (Å²) in [5.74, 6) is 0. The van der Waals surface area contributed by atoms with Crippen LogP contribution in [0.1, 0.15) is 51.9 Å². The Kier molecular flexibility index (Phi) is 13.4. The van der Waals surface area contributed by atoms with Crippen LogP contribution in [-0.2, 0) is 0 Å². The lowest BCUT2D eigenvalue weighted by Gasteiger charge is -1.92. The smallest absolute Gasteiger partial charge is 0.000473 e. The minimum absolute atomic E-state index is 1.23. The molecule has 0 aliphatic carbocycles. The van der Waals surface area contributed by atoms with Gasteiger partial charge < -0.3 is 0 Å². The van der Waals surface area contributed by atoms with Gasteiger partial charge in [0.05, 0.1) is 0 Å². The molecule has 0 heterocycles. The molecule has 0 aromatic carbocycles. The molecular weight excluding hydrogens is 283 g/mol. The van der Waals surface area contributed by atoms with Crippen LogP contribution in [0.3, 0.4) is 0 Å². The third-order valence-corrected chi connectivity index (χ3v) is 2.87. The third-order valence-electron chi connectivity index (χ3n) is 2.11. The zero-order chi connectivity index (χ0) is 10.5. The van der Waals surface area contributed by atoms with Crippen LogP contribution in [0.2, 0.25) is 0 Å². The van der Waals surface area contributed by atoms with Gasteiger partial charge >= 0.3 is 0 Å². The van der Waals surface area contributed by atoms with E-state index < -0.39 is 0 Å². The van der Waals surface area contributed by atoms with Crippen molar-refractivity contribution in [2.24, 2.45) is 0 Å². The van der Waals surface area contributed by atoms with Gasteiger partial charge in [-0.3, -0.25) is 0 Å². The Morgan fingerprint density at radius 2 is 1.50 bits per heavy atom. The highest BCUT2D eigenvalue weighted by Crippen LogP contribution is 2.03. The van der Waals surface area contributed by atoms with Crippen molar-refractivity contribution in [2.45, 2.75) is 51.9 Å². The van der Waals surface area contributed by atoms with Crippen LogP contribution in [0.25, 0.3) is 0 Å². The minimum atomic E-state index is 1.23.